The number of methoxy groups -OCH3 is 1. The van der Waals surface area contributed by atoms with E-state index < -0.39 is 0 Å². The Morgan fingerprint density at radius 2 is 2.06 bits per heavy atom. The van der Waals surface area contributed by atoms with Gasteiger partial charge < -0.3 is 4.74 Å². The van der Waals surface area contributed by atoms with Crippen molar-refractivity contribution in [2.24, 2.45) is 0 Å². The molecule has 4 nitrogen and oxygen atoms in total. The Labute approximate surface area is 115 Å². The van der Waals surface area contributed by atoms with Gasteiger partial charge in [-0.2, -0.15) is 0 Å². The van der Waals surface area contributed by atoms with Crippen LogP contribution in [-0.4, -0.2) is 22.1 Å². The summed E-state index contributed by atoms with van der Waals surface area (Å²) >= 11 is 3.41. The highest BCUT2D eigenvalue weighted by Crippen LogP contribution is 2.28. The smallest absolute Gasteiger partial charge is 0.146 e. The Bertz CT molecular complexity index is 558. The molecule has 0 aliphatic rings. The van der Waals surface area contributed by atoms with Gasteiger partial charge in [0.15, 0.2) is 0 Å². The van der Waals surface area contributed by atoms with Gasteiger partial charge in [0, 0.05) is 12.1 Å². The topological polar surface area (TPSA) is 47.9 Å². The van der Waals surface area contributed by atoms with Crippen LogP contribution in [0.15, 0.2) is 29.0 Å². The second kappa shape index (κ2) is 5.44. The fourth-order valence-electron chi connectivity index (χ4n) is 1.56. The molecular formula is C13H14BrN3O. The minimum absolute atomic E-state index is 0.260. The fraction of sp³-hybridized carbons (Fsp3) is 0.308. The summed E-state index contributed by atoms with van der Waals surface area (Å²) in [5.74, 6) is 1.75. The summed E-state index contributed by atoms with van der Waals surface area (Å²) in [5.41, 5.74) is 1.49. The van der Waals surface area contributed by atoms with Crippen LogP contribution in [0.2, 0.25) is 0 Å². The van der Waals surface area contributed by atoms with Crippen LogP contribution in [0.25, 0.3) is 11.4 Å². The molecule has 2 rings (SSSR count). The first-order chi connectivity index (χ1) is 8.61. The monoisotopic (exact) mass is 307 g/mol. The van der Waals surface area contributed by atoms with Gasteiger partial charge in [-0.15, -0.1) is 0 Å². The maximum Gasteiger partial charge on any atom is 0.146 e. The molecule has 2 aromatic rings. The molecule has 0 saturated carbocycles. The quantitative estimate of drug-likeness (QED) is 0.815. The molecule has 0 aliphatic heterocycles. The number of rotatable bonds is 3. The van der Waals surface area contributed by atoms with Crippen LogP contribution in [0.1, 0.15) is 25.6 Å². The van der Waals surface area contributed by atoms with E-state index in [2.05, 4.69) is 44.7 Å². The van der Waals surface area contributed by atoms with Crippen molar-refractivity contribution in [3.8, 4) is 17.1 Å². The van der Waals surface area contributed by atoms with E-state index in [9.17, 15) is 0 Å². The molecule has 0 fully saturated rings. The lowest BCUT2D eigenvalue weighted by Crippen LogP contribution is -2.01. The number of nitrogens with zero attached hydrogens (tertiary/aromatic N) is 3. The van der Waals surface area contributed by atoms with Gasteiger partial charge in [0.05, 0.1) is 12.8 Å². The van der Waals surface area contributed by atoms with Gasteiger partial charge in [-0.05, 0) is 34.1 Å². The van der Waals surface area contributed by atoms with Gasteiger partial charge in [-0.1, -0.05) is 13.8 Å². The maximum atomic E-state index is 5.30. The number of pyridine rings is 1. The molecule has 18 heavy (non-hydrogen) atoms. The first-order valence-electron chi connectivity index (χ1n) is 5.65. The minimum Gasteiger partial charge on any atom is -0.494 e. The van der Waals surface area contributed by atoms with E-state index >= 15 is 0 Å². The van der Waals surface area contributed by atoms with Crippen molar-refractivity contribution in [1.82, 2.24) is 15.0 Å². The molecule has 0 N–H and O–H groups in total. The molecule has 0 saturated heterocycles. The molecule has 0 spiro atoms. The predicted octanol–water partition coefficient (Wildman–Crippen LogP) is 3.43. The molecule has 5 heteroatoms. The third-order valence-electron chi connectivity index (χ3n) is 2.46. The second-order valence-electron chi connectivity index (χ2n) is 4.14. The normalized spacial score (nSPS) is 10.7. The highest BCUT2D eigenvalue weighted by atomic mass is 79.9. The van der Waals surface area contributed by atoms with E-state index in [1.54, 1.807) is 13.3 Å². The largest absolute Gasteiger partial charge is 0.494 e. The van der Waals surface area contributed by atoms with E-state index in [0.29, 0.717) is 5.75 Å². The SMILES string of the molecule is COc1cccnc1-c1cc(Br)nc(C(C)C)n1. The Morgan fingerprint density at radius 3 is 2.72 bits per heavy atom. The lowest BCUT2D eigenvalue weighted by molar-refractivity contribution is 0.414. The summed E-state index contributed by atoms with van der Waals surface area (Å²) in [6, 6.07) is 5.55. The molecule has 0 atom stereocenters. The lowest BCUT2D eigenvalue weighted by Gasteiger charge is -2.09. The average molecular weight is 308 g/mol. The Hall–Kier alpha value is -1.49. The van der Waals surface area contributed by atoms with E-state index in [4.69, 9.17) is 4.74 Å². The van der Waals surface area contributed by atoms with Crippen LogP contribution in [0.5, 0.6) is 5.75 Å². The highest BCUT2D eigenvalue weighted by molar-refractivity contribution is 9.10. The third-order valence-corrected chi connectivity index (χ3v) is 2.87. The van der Waals surface area contributed by atoms with Crippen LogP contribution < -0.4 is 4.74 Å². The zero-order chi connectivity index (χ0) is 13.1. The number of halogens is 1. The van der Waals surface area contributed by atoms with Crippen molar-refractivity contribution >= 4 is 15.9 Å². The molecule has 0 bridgehead atoms. The standard InChI is InChI=1S/C13H14BrN3O/c1-8(2)13-16-9(7-11(14)17-13)12-10(18-3)5-4-6-15-12/h4-8H,1-3H3. The van der Waals surface area contributed by atoms with E-state index in [0.717, 1.165) is 21.8 Å². The molecule has 0 unspecified atom stereocenters. The van der Waals surface area contributed by atoms with Crippen molar-refractivity contribution in [3.05, 3.63) is 34.8 Å². The maximum absolute atomic E-state index is 5.30. The minimum atomic E-state index is 0.260. The lowest BCUT2D eigenvalue weighted by atomic mass is 10.2. The van der Waals surface area contributed by atoms with Gasteiger partial charge in [-0.3, -0.25) is 4.98 Å². The summed E-state index contributed by atoms with van der Waals surface area (Å²) in [6.45, 7) is 4.11. The van der Waals surface area contributed by atoms with Crippen LogP contribution in [-0.2, 0) is 0 Å². The van der Waals surface area contributed by atoms with Crippen molar-refractivity contribution in [2.45, 2.75) is 19.8 Å². The van der Waals surface area contributed by atoms with Crippen LogP contribution in [0.4, 0.5) is 0 Å². The third kappa shape index (κ3) is 2.67. The first-order valence-corrected chi connectivity index (χ1v) is 6.45. The van der Waals surface area contributed by atoms with Crippen molar-refractivity contribution < 1.29 is 4.74 Å². The van der Waals surface area contributed by atoms with E-state index in [1.165, 1.54) is 0 Å². The number of hydrogen-bond donors (Lipinski definition) is 0. The zero-order valence-electron chi connectivity index (χ0n) is 10.5. The van der Waals surface area contributed by atoms with E-state index in [-0.39, 0.29) is 5.92 Å². The van der Waals surface area contributed by atoms with Crippen LogP contribution in [0, 0.1) is 0 Å². The van der Waals surface area contributed by atoms with Crippen LogP contribution in [0.3, 0.4) is 0 Å². The second-order valence-corrected chi connectivity index (χ2v) is 4.96. The van der Waals surface area contributed by atoms with Crippen molar-refractivity contribution in [3.63, 3.8) is 0 Å². The molecule has 94 valence electrons. The molecular weight excluding hydrogens is 294 g/mol. The molecule has 0 aromatic carbocycles. The van der Waals surface area contributed by atoms with Gasteiger partial charge in [0.25, 0.3) is 0 Å². The Kier molecular flexibility index (Phi) is 3.91. The highest BCUT2D eigenvalue weighted by Gasteiger charge is 2.12. The fourth-order valence-corrected chi connectivity index (χ4v) is 1.96. The number of aromatic nitrogens is 3. The summed E-state index contributed by atoms with van der Waals surface area (Å²) in [4.78, 5) is 13.2. The van der Waals surface area contributed by atoms with Crippen molar-refractivity contribution in [1.29, 1.82) is 0 Å². The van der Waals surface area contributed by atoms with Crippen molar-refractivity contribution in [2.75, 3.05) is 7.11 Å². The Balaban J connectivity index is 2.56. The number of ether oxygens (including phenoxy) is 1. The van der Waals surface area contributed by atoms with Gasteiger partial charge in [-0.25, -0.2) is 9.97 Å². The molecule has 0 aliphatic carbocycles. The predicted molar refractivity (Wildman–Crippen MR) is 73.6 cm³/mol. The Morgan fingerprint density at radius 1 is 1.28 bits per heavy atom. The van der Waals surface area contributed by atoms with E-state index in [1.807, 2.05) is 18.2 Å². The summed E-state index contributed by atoms with van der Waals surface area (Å²) < 4.78 is 6.06. The number of hydrogen-bond acceptors (Lipinski definition) is 4. The van der Waals surface area contributed by atoms with Crippen LogP contribution >= 0.6 is 15.9 Å². The van der Waals surface area contributed by atoms with Gasteiger partial charge in [0.2, 0.25) is 0 Å². The first kappa shape index (κ1) is 13.0. The summed E-state index contributed by atoms with van der Waals surface area (Å²) in [7, 11) is 1.63. The molecule has 2 aromatic heterocycles. The molecule has 2 heterocycles. The van der Waals surface area contributed by atoms with Gasteiger partial charge >= 0.3 is 0 Å². The summed E-state index contributed by atoms with van der Waals surface area (Å²) in [6.07, 6.45) is 1.73. The summed E-state index contributed by atoms with van der Waals surface area (Å²) in [5, 5.41) is 0. The molecule has 0 radical (unpaired) electrons. The zero-order valence-corrected chi connectivity index (χ0v) is 12.1. The molecule has 0 amide bonds. The average Bonchev–Trinajstić information content (AvgIpc) is 2.38. The van der Waals surface area contributed by atoms with Gasteiger partial charge in [0.1, 0.15) is 21.9 Å².